The molecule has 1 aromatic rings. The second kappa shape index (κ2) is 6.39. The van der Waals surface area contributed by atoms with Crippen LogP contribution >= 0.6 is 0 Å². The Labute approximate surface area is 116 Å². The molecule has 0 fully saturated rings. The molecule has 0 saturated heterocycles. The van der Waals surface area contributed by atoms with Gasteiger partial charge in [-0.2, -0.15) is 0 Å². The van der Waals surface area contributed by atoms with Crippen LogP contribution in [-0.4, -0.2) is 40.1 Å². The molecule has 1 aromatic carbocycles. The Kier molecular flexibility index (Phi) is 5.38. The monoisotopic (exact) mass is 284 g/mol. The Morgan fingerprint density at radius 1 is 1.37 bits per heavy atom. The molecule has 1 unspecified atom stereocenters. The number of aryl methyl sites for hydroxylation is 1. The quantitative estimate of drug-likeness (QED) is 0.857. The summed E-state index contributed by atoms with van der Waals surface area (Å²) in [5, 5.41) is 0. The lowest BCUT2D eigenvalue weighted by Crippen LogP contribution is -2.27. The molecular weight excluding hydrogens is 260 g/mol. The largest absolute Gasteiger partial charge is 0.373 e. The average Bonchev–Trinajstić information content (AvgIpc) is 2.24. The highest BCUT2D eigenvalue weighted by molar-refractivity contribution is 7.90. The molecule has 2 N–H and O–H groups in total. The van der Waals surface area contributed by atoms with Gasteiger partial charge in [-0.1, -0.05) is 17.7 Å². The van der Waals surface area contributed by atoms with Crippen molar-refractivity contribution in [3.05, 3.63) is 29.3 Å². The van der Waals surface area contributed by atoms with Gasteiger partial charge in [0.2, 0.25) is 0 Å². The van der Waals surface area contributed by atoms with E-state index in [0.717, 1.165) is 12.1 Å². The normalized spacial score (nSPS) is 13.3. The highest BCUT2D eigenvalue weighted by Crippen LogP contribution is 2.22. The van der Waals surface area contributed by atoms with Gasteiger partial charge in [-0.05, 0) is 31.9 Å². The molecule has 1 rings (SSSR count). The van der Waals surface area contributed by atoms with Gasteiger partial charge in [0.05, 0.1) is 5.75 Å². The van der Waals surface area contributed by atoms with E-state index in [1.54, 1.807) is 0 Å². The van der Waals surface area contributed by atoms with Gasteiger partial charge in [-0.15, -0.1) is 0 Å². The lowest BCUT2D eigenvalue weighted by Gasteiger charge is -2.23. The summed E-state index contributed by atoms with van der Waals surface area (Å²) in [6.07, 6.45) is 2.05. The van der Waals surface area contributed by atoms with Crippen molar-refractivity contribution in [3.8, 4) is 0 Å². The van der Waals surface area contributed by atoms with Crippen LogP contribution in [0.1, 0.15) is 18.1 Å². The van der Waals surface area contributed by atoms with Crippen LogP contribution < -0.4 is 10.6 Å². The maximum absolute atomic E-state index is 11.2. The van der Waals surface area contributed by atoms with Gasteiger partial charge in [-0.3, -0.25) is 0 Å². The number of anilines is 1. The van der Waals surface area contributed by atoms with Crippen molar-refractivity contribution in [2.24, 2.45) is 5.73 Å². The first-order valence-electron chi connectivity index (χ1n) is 6.43. The van der Waals surface area contributed by atoms with Crippen molar-refractivity contribution in [2.75, 3.05) is 30.5 Å². The van der Waals surface area contributed by atoms with Crippen LogP contribution in [-0.2, 0) is 16.3 Å². The lowest BCUT2D eigenvalue weighted by atomic mass is 10.0. The van der Waals surface area contributed by atoms with Gasteiger partial charge in [0.25, 0.3) is 0 Å². The summed E-state index contributed by atoms with van der Waals surface area (Å²) in [5.41, 5.74) is 9.30. The van der Waals surface area contributed by atoms with Crippen LogP contribution in [0.15, 0.2) is 18.2 Å². The van der Waals surface area contributed by atoms with Crippen LogP contribution in [0.25, 0.3) is 0 Å². The molecule has 19 heavy (non-hydrogen) atoms. The Bertz CT molecular complexity index is 524. The first kappa shape index (κ1) is 16.0. The Balaban J connectivity index is 2.92. The topological polar surface area (TPSA) is 63.4 Å². The van der Waals surface area contributed by atoms with Crippen molar-refractivity contribution in [1.82, 2.24) is 0 Å². The number of rotatable bonds is 6. The van der Waals surface area contributed by atoms with E-state index >= 15 is 0 Å². The van der Waals surface area contributed by atoms with Crippen LogP contribution in [0, 0.1) is 6.92 Å². The molecule has 1 atom stereocenters. The fourth-order valence-corrected chi connectivity index (χ4v) is 2.63. The van der Waals surface area contributed by atoms with Gasteiger partial charge < -0.3 is 10.6 Å². The predicted molar refractivity (Wildman–Crippen MR) is 81.5 cm³/mol. The Hall–Kier alpha value is -1.07. The van der Waals surface area contributed by atoms with Crippen molar-refractivity contribution >= 4 is 15.5 Å². The molecule has 0 bridgehead atoms. The summed E-state index contributed by atoms with van der Waals surface area (Å²) < 4.78 is 22.5. The fourth-order valence-electron chi connectivity index (χ4n) is 2.02. The minimum absolute atomic E-state index is 0.0869. The molecule has 0 spiro atoms. The van der Waals surface area contributed by atoms with E-state index in [1.165, 1.54) is 17.4 Å². The van der Waals surface area contributed by atoms with Crippen molar-refractivity contribution in [3.63, 3.8) is 0 Å². The van der Waals surface area contributed by atoms with Crippen LogP contribution in [0.3, 0.4) is 0 Å². The van der Waals surface area contributed by atoms with Crippen LogP contribution in [0.5, 0.6) is 0 Å². The zero-order chi connectivity index (χ0) is 14.6. The van der Waals surface area contributed by atoms with Gasteiger partial charge in [0.1, 0.15) is 9.84 Å². The Morgan fingerprint density at radius 3 is 2.53 bits per heavy atom. The third-order valence-corrected chi connectivity index (χ3v) is 3.91. The molecule has 0 amide bonds. The van der Waals surface area contributed by atoms with Crippen LogP contribution in [0.2, 0.25) is 0 Å². The summed E-state index contributed by atoms with van der Waals surface area (Å²) in [7, 11) is -1.02. The molecule has 0 radical (unpaired) electrons. The standard InChI is InChI=1S/C14H24N2O2S/c1-11-5-6-14(13(9-11)10-12(2)15)16(3)7-8-19(4,17)18/h5-6,9,12H,7-8,10,15H2,1-4H3. The summed E-state index contributed by atoms with van der Waals surface area (Å²) in [6.45, 7) is 4.52. The summed E-state index contributed by atoms with van der Waals surface area (Å²) in [5.74, 6) is 0.162. The van der Waals surface area contributed by atoms with Crippen molar-refractivity contribution in [2.45, 2.75) is 26.3 Å². The first-order chi connectivity index (χ1) is 8.69. The highest BCUT2D eigenvalue weighted by atomic mass is 32.2. The number of hydrogen-bond acceptors (Lipinski definition) is 4. The summed E-state index contributed by atoms with van der Waals surface area (Å²) >= 11 is 0. The van der Waals surface area contributed by atoms with E-state index in [9.17, 15) is 8.42 Å². The predicted octanol–water partition coefficient (Wildman–Crippen LogP) is 1.37. The number of nitrogens with two attached hydrogens (primary N) is 1. The van der Waals surface area contributed by atoms with E-state index in [0.29, 0.717) is 6.54 Å². The Morgan fingerprint density at radius 2 is 2.00 bits per heavy atom. The molecule has 4 nitrogen and oxygen atoms in total. The van der Waals surface area contributed by atoms with E-state index in [2.05, 4.69) is 6.07 Å². The van der Waals surface area contributed by atoms with Crippen molar-refractivity contribution < 1.29 is 8.42 Å². The molecule has 108 valence electrons. The van der Waals surface area contributed by atoms with Gasteiger partial charge in [0.15, 0.2) is 0 Å². The third-order valence-electron chi connectivity index (χ3n) is 2.99. The maximum Gasteiger partial charge on any atom is 0.149 e. The average molecular weight is 284 g/mol. The van der Waals surface area contributed by atoms with Crippen molar-refractivity contribution in [1.29, 1.82) is 0 Å². The van der Waals surface area contributed by atoms with E-state index in [-0.39, 0.29) is 11.8 Å². The number of nitrogens with zero attached hydrogens (tertiary/aromatic N) is 1. The molecule has 0 heterocycles. The number of benzene rings is 1. The van der Waals surface area contributed by atoms with Crippen LogP contribution in [0.4, 0.5) is 5.69 Å². The minimum atomic E-state index is -2.94. The zero-order valence-corrected chi connectivity index (χ0v) is 13.0. The molecular formula is C14H24N2O2S. The molecule has 0 aliphatic rings. The summed E-state index contributed by atoms with van der Waals surface area (Å²) in [6, 6.07) is 6.28. The van der Waals surface area contributed by atoms with Gasteiger partial charge in [0, 0.05) is 31.6 Å². The van der Waals surface area contributed by atoms with E-state index in [1.807, 2.05) is 37.9 Å². The summed E-state index contributed by atoms with van der Waals surface area (Å²) in [4.78, 5) is 1.98. The van der Waals surface area contributed by atoms with Gasteiger partial charge in [-0.25, -0.2) is 8.42 Å². The SMILES string of the molecule is Cc1ccc(N(C)CCS(C)(=O)=O)c(CC(C)N)c1. The fraction of sp³-hybridized carbons (Fsp3) is 0.571. The molecule has 0 aliphatic carbocycles. The third kappa shape index (κ3) is 5.61. The first-order valence-corrected chi connectivity index (χ1v) is 8.49. The highest BCUT2D eigenvalue weighted by Gasteiger charge is 2.11. The smallest absolute Gasteiger partial charge is 0.149 e. The minimum Gasteiger partial charge on any atom is -0.373 e. The van der Waals surface area contributed by atoms with E-state index < -0.39 is 9.84 Å². The zero-order valence-electron chi connectivity index (χ0n) is 12.2. The van der Waals surface area contributed by atoms with E-state index in [4.69, 9.17) is 5.73 Å². The second-order valence-electron chi connectivity index (χ2n) is 5.37. The number of sulfone groups is 1. The second-order valence-corrected chi connectivity index (χ2v) is 7.62. The molecule has 0 saturated carbocycles. The molecule has 0 aromatic heterocycles. The number of hydrogen-bond donors (Lipinski definition) is 1. The van der Waals surface area contributed by atoms with Gasteiger partial charge >= 0.3 is 0 Å². The molecule has 0 aliphatic heterocycles. The lowest BCUT2D eigenvalue weighted by molar-refractivity contribution is 0.601. The molecule has 5 heteroatoms. The maximum atomic E-state index is 11.2.